The molecule has 3 heterocycles. The number of benzene rings is 1. The maximum Gasteiger partial charge on any atom is 0.350 e. The van der Waals surface area contributed by atoms with Crippen LogP contribution >= 0.6 is 22.9 Å². The molecule has 164 valence electrons. The summed E-state index contributed by atoms with van der Waals surface area (Å²) in [6, 6.07) is 8.53. The standard InChI is InChI=1S/C22H17ClN2O6S/c1-3-30-21(29)19-11(2)24-22(32-19)25-16(12-6-4-7-13(23)10-12)15(18(27)20(25)28)17(26)14-8-5-9-31-14/h4-10,16,27H,3H2,1-2H3/t16-/m1/s1. The fourth-order valence-electron chi connectivity index (χ4n) is 3.44. The van der Waals surface area contributed by atoms with Gasteiger partial charge in [-0.05, 0) is 43.7 Å². The zero-order chi connectivity index (χ0) is 23.0. The van der Waals surface area contributed by atoms with Gasteiger partial charge in [0.2, 0.25) is 5.78 Å². The van der Waals surface area contributed by atoms with Gasteiger partial charge in [0, 0.05) is 5.02 Å². The van der Waals surface area contributed by atoms with Crippen LogP contribution in [0.15, 0.2) is 58.4 Å². The van der Waals surface area contributed by atoms with Crippen LogP contribution in [0.2, 0.25) is 5.02 Å². The number of halogens is 1. The minimum absolute atomic E-state index is 0.0317. The predicted octanol–water partition coefficient (Wildman–Crippen LogP) is 4.66. The van der Waals surface area contributed by atoms with Crippen LogP contribution in [-0.4, -0.2) is 34.4 Å². The number of aromatic nitrogens is 1. The summed E-state index contributed by atoms with van der Waals surface area (Å²) < 4.78 is 10.2. The van der Waals surface area contributed by atoms with E-state index in [-0.39, 0.29) is 27.9 Å². The van der Waals surface area contributed by atoms with E-state index in [0.29, 0.717) is 16.3 Å². The number of Topliss-reactive ketones (excluding diaryl/α,β-unsaturated/α-hetero) is 1. The molecule has 0 unspecified atom stereocenters. The molecule has 2 aromatic heterocycles. The molecule has 1 aliphatic heterocycles. The fraction of sp³-hybridized carbons (Fsp3) is 0.182. The van der Waals surface area contributed by atoms with Crippen LogP contribution in [0.3, 0.4) is 0 Å². The monoisotopic (exact) mass is 472 g/mol. The van der Waals surface area contributed by atoms with Gasteiger partial charge in [-0.2, -0.15) is 0 Å². The molecular formula is C22H17ClN2O6S. The Labute approximate surface area is 191 Å². The highest BCUT2D eigenvalue weighted by Gasteiger charge is 2.46. The van der Waals surface area contributed by atoms with Crippen molar-refractivity contribution in [3.63, 3.8) is 0 Å². The van der Waals surface area contributed by atoms with Gasteiger partial charge in [0.25, 0.3) is 5.91 Å². The number of nitrogens with zero attached hydrogens (tertiary/aromatic N) is 2. The highest BCUT2D eigenvalue weighted by Crippen LogP contribution is 2.44. The molecular weight excluding hydrogens is 456 g/mol. The third-order valence-electron chi connectivity index (χ3n) is 4.81. The van der Waals surface area contributed by atoms with Gasteiger partial charge in [0.15, 0.2) is 16.7 Å². The van der Waals surface area contributed by atoms with Crippen molar-refractivity contribution in [3.05, 3.63) is 80.9 Å². The average molecular weight is 473 g/mol. The second-order valence-electron chi connectivity index (χ2n) is 6.83. The molecule has 3 aromatic rings. The molecule has 1 atom stereocenters. The number of hydrogen-bond donors (Lipinski definition) is 1. The molecule has 10 heteroatoms. The third kappa shape index (κ3) is 3.69. The number of carbonyl (C=O) groups excluding carboxylic acids is 3. The second-order valence-corrected chi connectivity index (χ2v) is 8.25. The van der Waals surface area contributed by atoms with Crippen molar-refractivity contribution in [2.45, 2.75) is 19.9 Å². The van der Waals surface area contributed by atoms with Crippen LogP contribution in [0.4, 0.5) is 5.13 Å². The van der Waals surface area contributed by atoms with Crippen molar-refractivity contribution in [2.75, 3.05) is 11.5 Å². The molecule has 1 aliphatic rings. The number of thiazole rings is 1. The van der Waals surface area contributed by atoms with E-state index in [1.807, 2.05) is 0 Å². The van der Waals surface area contributed by atoms with E-state index in [0.717, 1.165) is 11.3 Å². The van der Waals surface area contributed by atoms with E-state index in [1.165, 1.54) is 23.3 Å². The summed E-state index contributed by atoms with van der Waals surface area (Å²) in [4.78, 5) is 44.3. The summed E-state index contributed by atoms with van der Waals surface area (Å²) in [5.41, 5.74) is 0.680. The van der Waals surface area contributed by atoms with Gasteiger partial charge in [0.05, 0.1) is 30.2 Å². The molecule has 0 bridgehead atoms. The average Bonchev–Trinajstić information content (AvgIpc) is 3.47. The van der Waals surface area contributed by atoms with Crippen LogP contribution in [-0.2, 0) is 9.53 Å². The smallest absolute Gasteiger partial charge is 0.350 e. The third-order valence-corrected chi connectivity index (χ3v) is 6.19. The topological polar surface area (TPSA) is 110 Å². The summed E-state index contributed by atoms with van der Waals surface area (Å²) in [6.07, 6.45) is 1.32. The maximum atomic E-state index is 13.2. The van der Waals surface area contributed by atoms with Gasteiger partial charge >= 0.3 is 5.97 Å². The minimum Gasteiger partial charge on any atom is -0.503 e. The van der Waals surface area contributed by atoms with E-state index in [1.54, 1.807) is 38.1 Å². The van der Waals surface area contributed by atoms with Crippen molar-refractivity contribution >= 4 is 45.7 Å². The number of ether oxygens (including phenoxy) is 1. The zero-order valence-electron chi connectivity index (χ0n) is 17.0. The van der Waals surface area contributed by atoms with Gasteiger partial charge in [-0.1, -0.05) is 35.1 Å². The van der Waals surface area contributed by atoms with Gasteiger partial charge in [-0.3, -0.25) is 14.5 Å². The lowest BCUT2D eigenvalue weighted by Crippen LogP contribution is -2.31. The van der Waals surface area contributed by atoms with Crippen LogP contribution in [0.1, 0.15) is 44.4 Å². The first kappa shape index (κ1) is 21.8. The second kappa shape index (κ2) is 8.60. The van der Waals surface area contributed by atoms with Crippen LogP contribution < -0.4 is 4.90 Å². The molecule has 32 heavy (non-hydrogen) atoms. The lowest BCUT2D eigenvalue weighted by atomic mass is 9.95. The van der Waals surface area contributed by atoms with E-state index in [9.17, 15) is 19.5 Å². The zero-order valence-corrected chi connectivity index (χ0v) is 18.6. The minimum atomic E-state index is -1.03. The van der Waals surface area contributed by atoms with Gasteiger partial charge in [-0.25, -0.2) is 9.78 Å². The number of rotatable bonds is 6. The van der Waals surface area contributed by atoms with E-state index >= 15 is 0 Å². The van der Waals surface area contributed by atoms with Crippen LogP contribution in [0, 0.1) is 6.92 Å². The van der Waals surface area contributed by atoms with Crippen molar-refractivity contribution in [2.24, 2.45) is 0 Å². The SMILES string of the molecule is CCOC(=O)c1sc(N2C(=O)C(O)=C(C(=O)c3ccco3)[C@H]2c2cccc(Cl)c2)nc1C. The van der Waals surface area contributed by atoms with Crippen LogP contribution in [0.25, 0.3) is 0 Å². The Morgan fingerprint density at radius 2 is 2.09 bits per heavy atom. The van der Waals surface area contributed by atoms with Crippen molar-refractivity contribution in [1.82, 2.24) is 4.98 Å². The summed E-state index contributed by atoms with van der Waals surface area (Å²) >= 11 is 7.10. The summed E-state index contributed by atoms with van der Waals surface area (Å²) in [5, 5.41) is 11.2. The molecule has 0 saturated heterocycles. The molecule has 1 aromatic carbocycles. The lowest BCUT2D eigenvalue weighted by Gasteiger charge is -2.24. The quantitative estimate of drug-likeness (QED) is 0.410. The number of carbonyl (C=O) groups is 3. The molecule has 0 aliphatic carbocycles. The first-order valence-electron chi connectivity index (χ1n) is 9.58. The number of aliphatic hydroxyl groups is 1. The first-order valence-corrected chi connectivity index (χ1v) is 10.8. The van der Waals surface area contributed by atoms with Crippen molar-refractivity contribution < 1.29 is 28.6 Å². The molecule has 4 rings (SSSR count). The first-order chi connectivity index (χ1) is 15.3. The molecule has 8 nitrogen and oxygen atoms in total. The molecule has 0 radical (unpaired) electrons. The lowest BCUT2D eigenvalue weighted by molar-refractivity contribution is -0.117. The number of ketones is 1. The predicted molar refractivity (Wildman–Crippen MR) is 117 cm³/mol. The number of aryl methyl sites for hydroxylation is 1. The Hall–Kier alpha value is -3.43. The highest BCUT2D eigenvalue weighted by atomic mass is 35.5. The summed E-state index contributed by atoms with van der Waals surface area (Å²) in [5.74, 6) is -2.79. The highest BCUT2D eigenvalue weighted by molar-refractivity contribution is 7.17. The van der Waals surface area contributed by atoms with Crippen molar-refractivity contribution in [3.8, 4) is 0 Å². The number of amides is 1. The number of aliphatic hydroxyl groups excluding tert-OH is 1. The number of furan rings is 1. The van der Waals surface area contributed by atoms with E-state index in [4.69, 9.17) is 20.8 Å². The van der Waals surface area contributed by atoms with Gasteiger partial charge in [-0.15, -0.1) is 0 Å². The van der Waals surface area contributed by atoms with Gasteiger partial charge < -0.3 is 14.3 Å². The van der Waals surface area contributed by atoms with Crippen LogP contribution in [0.5, 0.6) is 0 Å². The number of anilines is 1. The molecule has 1 amide bonds. The van der Waals surface area contributed by atoms with E-state index < -0.39 is 29.5 Å². The number of esters is 1. The van der Waals surface area contributed by atoms with Crippen molar-refractivity contribution in [1.29, 1.82) is 0 Å². The Balaban J connectivity index is 1.86. The largest absolute Gasteiger partial charge is 0.503 e. The number of hydrogen-bond acceptors (Lipinski definition) is 8. The Bertz CT molecular complexity index is 1250. The molecule has 0 spiro atoms. The summed E-state index contributed by atoms with van der Waals surface area (Å²) in [7, 11) is 0. The Morgan fingerprint density at radius 1 is 1.31 bits per heavy atom. The van der Waals surface area contributed by atoms with E-state index in [2.05, 4.69) is 4.98 Å². The molecule has 0 saturated carbocycles. The Kier molecular flexibility index (Phi) is 5.86. The normalized spacial score (nSPS) is 16.0. The molecule has 0 fully saturated rings. The summed E-state index contributed by atoms with van der Waals surface area (Å²) in [6.45, 7) is 3.48. The Morgan fingerprint density at radius 3 is 2.75 bits per heavy atom. The maximum absolute atomic E-state index is 13.2. The molecule has 1 N–H and O–H groups in total. The van der Waals surface area contributed by atoms with Gasteiger partial charge in [0.1, 0.15) is 4.88 Å². The fourth-order valence-corrected chi connectivity index (χ4v) is 4.62.